The largest absolute Gasteiger partial charge is 0.507 e. The number of ketones is 1. The summed E-state index contributed by atoms with van der Waals surface area (Å²) in [5.74, 6) is -1.41. The van der Waals surface area contributed by atoms with E-state index in [4.69, 9.17) is 4.74 Å². The van der Waals surface area contributed by atoms with Gasteiger partial charge in [-0.1, -0.05) is 55.5 Å². The summed E-state index contributed by atoms with van der Waals surface area (Å²) in [5.41, 5.74) is 4.52. The van der Waals surface area contributed by atoms with Crippen LogP contribution < -0.4 is 0 Å². The van der Waals surface area contributed by atoms with E-state index in [9.17, 15) is 14.7 Å². The van der Waals surface area contributed by atoms with Crippen LogP contribution in [0, 0.1) is 0 Å². The topological polar surface area (TPSA) is 63.6 Å². The molecule has 4 rings (SSSR count). The number of thioether (sulfide) groups is 1. The Morgan fingerprint density at radius 2 is 1.67 bits per heavy atom. The van der Waals surface area contributed by atoms with Gasteiger partial charge in [-0.15, -0.1) is 0 Å². The summed E-state index contributed by atoms with van der Waals surface area (Å²) in [4.78, 5) is 25.7. The molecule has 0 fully saturated rings. The molecule has 0 saturated heterocycles. The summed E-state index contributed by atoms with van der Waals surface area (Å²) in [6, 6.07) is 16.4. The van der Waals surface area contributed by atoms with E-state index < -0.39 is 12.1 Å². The number of esters is 1. The van der Waals surface area contributed by atoms with Crippen molar-refractivity contribution in [2.45, 2.75) is 49.9 Å². The van der Waals surface area contributed by atoms with E-state index in [1.54, 1.807) is 11.8 Å². The van der Waals surface area contributed by atoms with Crippen molar-refractivity contribution in [1.82, 2.24) is 0 Å². The molecular formula is C25H26O4S. The zero-order valence-corrected chi connectivity index (χ0v) is 18.1. The van der Waals surface area contributed by atoms with Gasteiger partial charge in [0.1, 0.15) is 5.57 Å². The first-order chi connectivity index (χ1) is 14.5. The van der Waals surface area contributed by atoms with Gasteiger partial charge in [-0.3, -0.25) is 4.79 Å². The molecule has 1 aliphatic heterocycles. The van der Waals surface area contributed by atoms with E-state index in [1.165, 1.54) is 11.1 Å². The third-order valence-corrected chi connectivity index (χ3v) is 7.15. The van der Waals surface area contributed by atoms with E-state index in [2.05, 4.69) is 24.3 Å². The Bertz CT molecular complexity index is 962. The van der Waals surface area contributed by atoms with E-state index in [0.29, 0.717) is 6.42 Å². The van der Waals surface area contributed by atoms with E-state index in [1.807, 2.05) is 37.4 Å². The Hall–Kier alpha value is -2.53. The van der Waals surface area contributed by atoms with Crippen molar-refractivity contribution in [1.29, 1.82) is 0 Å². The highest BCUT2D eigenvalue weighted by Gasteiger charge is 2.40. The molecule has 0 saturated carbocycles. The van der Waals surface area contributed by atoms with Crippen LogP contribution in [0.4, 0.5) is 0 Å². The second kappa shape index (κ2) is 8.68. The molecule has 5 heteroatoms. The van der Waals surface area contributed by atoms with Crippen molar-refractivity contribution in [3.63, 3.8) is 0 Å². The number of hydrogen-bond donors (Lipinski definition) is 1. The Balaban J connectivity index is 1.67. The molecule has 156 valence electrons. The Morgan fingerprint density at radius 1 is 1.10 bits per heavy atom. The van der Waals surface area contributed by atoms with Gasteiger partial charge in [0.25, 0.3) is 0 Å². The lowest BCUT2D eigenvalue weighted by atomic mass is 9.83. The summed E-state index contributed by atoms with van der Waals surface area (Å²) in [7, 11) is 0. The molecule has 0 aromatic heterocycles. The molecule has 1 heterocycles. The molecule has 0 spiro atoms. The number of aryl methyl sites for hydroxylation is 2. The number of aliphatic hydroxyl groups excluding tert-OH is 1. The highest BCUT2D eigenvalue weighted by Crippen LogP contribution is 2.38. The zero-order valence-electron chi connectivity index (χ0n) is 17.3. The number of fused-ring (bicyclic) bond motifs is 2. The van der Waals surface area contributed by atoms with Gasteiger partial charge in [-0.05, 0) is 41.4 Å². The number of hydrogen-bond acceptors (Lipinski definition) is 5. The number of benzene rings is 2. The summed E-state index contributed by atoms with van der Waals surface area (Å²) in [6.07, 6.45) is 3.70. The van der Waals surface area contributed by atoms with Crippen molar-refractivity contribution in [2.24, 2.45) is 0 Å². The molecule has 4 nitrogen and oxygen atoms in total. The van der Waals surface area contributed by atoms with Gasteiger partial charge >= 0.3 is 5.97 Å². The van der Waals surface area contributed by atoms with Crippen LogP contribution in [-0.4, -0.2) is 34.5 Å². The van der Waals surface area contributed by atoms with Crippen LogP contribution in [0.5, 0.6) is 0 Å². The van der Waals surface area contributed by atoms with Crippen molar-refractivity contribution in [3.8, 4) is 0 Å². The molecule has 2 aromatic carbocycles. The maximum atomic E-state index is 13.2. The average Bonchev–Trinajstić information content (AvgIpc) is 2.93. The lowest BCUT2D eigenvalue weighted by molar-refractivity contribution is -0.141. The van der Waals surface area contributed by atoms with E-state index in [-0.39, 0.29) is 34.7 Å². The third-order valence-electron chi connectivity index (χ3n) is 6.16. The number of ether oxygens (including phenoxy) is 1. The molecule has 2 atom stereocenters. The standard InChI is InChI=1S/C25H26O4S/c1-15(30-2)13-22-24(27)23(25(28)29-22)21(26)14-20-18-9-5-3-7-16(18)11-12-17-8-4-6-10-19(17)20/h3-10,15,20,22,27H,11-14H2,1-2H3. The molecule has 1 N–H and O–H groups in total. The van der Waals surface area contributed by atoms with Gasteiger partial charge in [-0.2, -0.15) is 11.8 Å². The molecule has 1 aliphatic carbocycles. The maximum Gasteiger partial charge on any atom is 0.346 e. The Morgan fingerprint density at radius 3 is 2.23 bits per heavy atom. The number of carbonyl (C=O) groups is 2. The first-order valence-corrected chi connectivity index (χ1v) is 11.6. The zero-order chi connectivity index (χ0) is 21.3. The quantitative estimate of drug-likeness (QED) is 0.537. The number of cyclic esters (lactones) is 1. The fraction of sp³-hybridized carbons (Fsp3) is 0.360. The lowest BCUT2D eigenvalue weighted by Crippen LogP contribution is -2.16. The van der Waals surface area contributed by atoms with Crippen LogP contribution in [-0.2, 0) is 27.2 Å². The van der Waals surface area contributed by atoms with Crippen molar-refractivity contribution < 1.29 is 19.4 Å². The van der Waals surface area contributed by atoms with Gasteiger partial charge in [0, 0.05) is 24.0 Å². The molecule has 0 bridgehead atoms. The minimum Gasteiger partial charge on any atom is -0.507 e. The molecule has 2 unspecified atom stereocenters. The Labute approximate surface area is 181 Å². The predicted octanol–water partition coefficient (Wildman–Crippen LogP) is 4.76. The van der Waals surface area contributed by atoms with Crippen molar-refractivity contribution in [3.05, 3.63) is 82.1 Å². The van der Waals surface area contributed by atoms with Gasteiger partial charge in [0.05, 0.1) is 0 Å². The van der Waals surface area contributed by atoms with Crippen LogP contribution >= 0.6 is 11.8 Å². The highest BCUT2D eigenvalue weighted by atomic mass is 32.2. The molecule has 2 aromatic rings. The highest BCUT2D eigenvalue weighted by molar-refractivity contribution is 7.99. The smallest absolute Gasteiger partial charge is 0.346 e. The first kappa shape index (κ1) is 20.7. The lowest BCUT2D eigenvalue weighted by Gasteiger charge is -2.19. The van der Waals surface area contributed by atoms with Crippen LogP contribution in [0.2, 0.25) is 0 Å². The molecule has 30 heavy (non-hydrogen) atoms. The number of Topliss-reactive ketones (excluding diaryl/α,β-unsaturated/α-hetero) is 1. The maximum absolute atomic E-state index is 13.2. The second-order valence-electron chi connectivity index (χ2n) is 8.01. The number of aliphatic hydroxyl groups is 1. The normalized spacial score (nSPS) is 19.7. The molecule has 0 amide bonds. The fourth-order valence-corrected chi connectivity index (χ4v) is 4.84. The minimum absolute atomic E-state index is 0.132. The first-order valence-electron chi connectivity index (χ1n) is 10.3. The summed E-state index contributed by atoms with van der Waals surface area (Å²) >= 11 is 1.63. The minimum atomic E-state index is -0.729. The van der Waals surface area contributed by atoms with Crippen molar-refractivity contribution >= 4 is 23.5 Å². The second-order valence-corrected chi connectivity index (χ2v) is 9.29. The summed E-state index contributed by atoms with van der Waals surface area (Å²) in [5, 5.41) is 10.8. The molecule has 2 aliphatic rings. The van der Waals surface area contributed by atoms with E-state index >= 15 is 0 Å². The number of carbonyl (C=O) groups excluding carboxylic acids is 2. The van der Waals surface area contributed by atoms with Crippen LogP contribution in [0.15, 0.2) is 59.9 Å². The van der Waals surface area contributed by atoms with Crippen LogP contribution in [0.3, 0.4) is 0 Å². The number of rotatable bonds is 6. The van der Waals surface area contributed by atoms with Crippen LogP contribution in [0.1, 0.15) is 47.9 Å². The fourth-order valence-electron chi connectivity index (χ4n) is 4.47. The predicted molar refractivity (Wildman–Crippen MR) is 119 cm³/mol. The molecular weight excluding hydrogens is 396 g/mol. The van der Waals surface area contributed by atoms with Gasteiger partial charge < -0.3 is 9.84 Å². The average molecular weight is 423 g/mol. The SMILES string of the molecule is CSC(C)CC1OC(=O)C(C(=O)CC2c3ccccc3CCc3ccccc32)=C1O. The molecule has 0 radical (unpaired) electrons. The monoisotopic (exact) mass is 422 g/mol. The van der Waals surface area contributed by atoms with Crippen LogP contribution in [0.25, 0.3) is 0 Å². The third kappa shape index (κ3) is 3.91. The Kier molecular flexibility index (Phi) is 6.00. The van der Waals surface area contributed by atoms with Gasteiger partial charge in [0.15, 0.2) is 17.6 Å². The van der Waals surface area contributed by atoms with E-state index in [0.717, 1.165) is 24.0 Å². The summed E-state index contributed by atoms with van der Waals surface area (Å²) < 4.78 is 5.34. The van der Waals surface area contributed by atoms with Gasteiger partial charge in [-0.25, -0.2) is 4.79 Å². The van der Waals surface area contributed by atoms with Gasteiger partial charge in [0.2, 0.25) is 0 Å². The summed E-state index contributed by atoms with van der Waals surface area (Å²) in [6.45, 7) is 2.00. The van der Waals surface area contributed by atoms with Crippen molar-refractivity contribution in [2.75, 3.05) is 6.26 Å².